The average Bonchev–Trinajstić information content (AvgIpc) is 2.59. The van der Waals surface area contributed by atoms with Crippen molar-refractivity contribution in [3.8, 4) is 5.75 Å². The number of benzene rings is 2. The highest BCUT2D eigenvalue weighted by Gasteiger charge is 2.25. The molecule has 1 unspecified atom stereocenters. The molecule has 0 radical (unpaired) electrons. The Balaban J connectivity index is 0.00000364. The molecule has 4 N–H and O–H groups in total. The number of ether oxygens (including phenoxy) is 1. The third kappa shape index (κ3) is 5.77. The minimum absolute atomic E-state index is 0. The highest BCUT2D eigenvalue weighted by Crippen LogP contribution is 2.25. The lowest BCUT2D eigenvalue weighted by atomic mass is 10.0. The molecule has 2 rings (SSSR count). The average molecular weight is 412 g/mol. The summed E-state index contributed by atoms with van der Waals surface area (Å²) >= 11 is 6.05. The minimum atomic E-state index is -0.734. The topological polar surface area (TPSA) is 93.5 Å². The van der Waals surface area contributed by atoms with Gasteiger partial charge < -0.3 is 21.1 Å². The summed E-state index contributed by atoms with van der Waals surface area (Å²) in [6, 6.07) is 10.9. The van der Waals surface area contributed by atoms with Gasteiger partial charge >= 0.3 is 0 Å². The highest BCUT2D eigenvalue weighted by molar-refractivity contribution is 6.33. The van der Waals surface area contributed by atoms with E-state index in [-0.39, 0.29) is 24.2 Å². The summed E-state index contributed by atoms with van der Waals surface area (Å²) in [5.41, 5.74) is 7.11. The van der Waals surface area contributed by atoms with Gasteiger partial charge in [-0.2, -0.15) is 0 Å². The van der Waals surface area contributed by atoms with Crippen LogP contribution in [-0.4, -0.2) is 25.0 Å². The standard InChI is InChI=1S/C19H22ClN3O3.ClH/c1-11(2)17(23-18(24)13-6-4-5-7-14(13)20)19(25)22-12-8-9-16(26-3)15(21)10-12;/h4-11,17H,21H2,1-3H3,(H,22,25)(H,23,24);1H. The second-order valence-electron chi connectivity index (χ2n) is 6.12. The van der Waals surface area contributed by atoms with Crippen LogP contribution < -0.4 is 21.1 Å². The second kappa shape index (κ2) is 10.0. The van der Waals surface area contributed by atoms with Gasteiger partial charge in [0.15, 0.2) is 0 Å². The molecule has 6 nitrogen and oxygen atoms in total. The molecule has 8 heteroatoms. The first-order valence-electron chi connectivity index (χ1n) is 8.13. The first kappa shape index (κ1) is 22.6. The number of halogens is 2. The monoisotopic (exact) mass is 411 g/mol. The zero-order chi connectivity index (χ0) is 19.3. The van der Waals surface area contributed by atoms with Crippen LogP contribution in [0.3, 0.4) is 0 Å². The molecule has 146 valence electrons. The summed E-state index contributed by atoms with van der Waals surface area (Å²) in [6.07, 6.45) is 0. The summed E-state index contributed by atoms with van der Waals surface area (Å²) in [6.45, 7) is 3.69. The maximum atomic E-state index is 12.6. The summed E-state index contributed by atoms with van der Waals surface area (Å²) in [4.78, 5) is 25.1. The van der Waals surface area contributed by atoms with Crippen molar-refractivity contribution in [2.45, 2.75) is 19.9 Å². The number of carbonyl (C=O) groups excluding carboxylic acids is 2. The lowest BCUT2D eigenvalue weighted by molar-refractivity contribution is -0.118. The Morgan fingerprint density at radius 2 is 1.81 bits per heavy atom. The molecule has 0 bridgehead atoms. The van der Waals surface area contributed by atoms with E-state index in [1.54, 1.807) is 42.5 Å². The molecule has 0 saturated carbocycles. The predicted octanol–water partition coefficient (Wildman–Crippen LogP) is 3.75. The Morgan fingerprint density at radius 1 is 1.15 bits per heavy atom. The molecular weight excluding hydrogens is 389 g/mol. The Kier molecular flexibility index (Phi) is 8.40. The fourth-order valence-electron chi connectivity index (χ4n) is 2.43. The summed E-state index contributed by atoms with van der Waals surface area (Å²) in [5.74, 6) is -0.351. The van der Waals surface area contributed by atoms with Crippen LogP contribution in [-0.2, 0) is 4.79 Å². The lowest BCUT2D eigenvalue weighted by Crippen LogP contribution is -2.47. The normalized spacial score (nSPS) is 11.3. The predicted molar refractivity (Wildman–Crippen MR) is 111 cm³/mol. The molecule has 27 heavy (non-hydrogen) atoms. The van der Waals surface area contributed by atoms with Crippen LogP contribution in [0.25, 0.3) is 0 Å². The maximum absolute atomic E-state index is 12.6. The number of methoxy groups -OCH3 is 1. The molecule has 0 aliphatic carbocycles. The maximum Gasteiger partial charge on any atom is 0.253 e. The van der Waals surface area contributed by atoms with E-state index in [9.17, 15) is 9.59 Å². The Labute approximate surface area is 169 Å². The van der Waals surface area contributed by atoms with Crippen LogP contribution in [0.5, 0.6) is 5.75 Å². The van der Waals surface area contributed by atoms with E-state index in [1.807, 2.05) is 13.8 Å². The van der Waals surface area contributed by atoms with Crippen LogP contribution in [0.4, 0.5) is 11.4 Å². The van der Waals surface area contributed by atoms with E-state index in [1.165, 1.54) is 7.11 Å². The number of carbonyl (C=O) groups is 2. The van der Waals surface area contributed by atoms with Crippen LogP contribution in [0.15, 0.2) is 42.5 Å². The van der Waals surface area contributed by atoms with E-state index < -0.39 is 11.9 Å². The van der Waals surface area contributed by atoms with Crippen molar-refractivity contribution in [3.05, 3.63) is 53.1 Å². The van der Waals surface area contributed by atoms with Gasteiger partial charge in [-0.3, -0.25) is 9.59 Å². The van der Waals surface area contributed by atoms with Gasteiger partial charge in [-0.05, 0) is 36.2 Å². The number of rotatable bonds is 6. The molecule has 0 spiro atoms. The molecule has 0 fully saturated rings. The van der Waals surface area contributed by atoms with Gasteiger partial charge in [-0.1, -0.05) is 37.6 Å². The molecular formula is C19H23Cl2N3O3. The number of nitrogens with one attached hydrogen (secondary N) is 2. The third-order valence-corrected chi connectivity index (χ3v) is 4.18. The van der Waals surface area contributed by atoms with E-state index in [0.29, 0.717) is 27.7 Å². The quantitative estimate of drug-likeness (QED) is 0.630. The molecule has 2 amide bonds. The van der Waals surface area contributed by atoms with Gasteiger partial charge in [0.2, 0.25) is 5.91 Å². The molecule has 0 heterocycles. The SMILES string of the molecule is COc1ccc(NC(=O)C(NC(=O)c2ccccc2Cl)C(C)C)cc1N.Cl. The summed E-state index contributed by atoms with van der Waals surface area (Å²) in [5, 5.41) is 5.83. The Hall–Kier alpha value is -2.44. The van der Waals surface area contributed by atoms with Gasteiger partial charge in [0.25, 0.3) is 5.91 Å². The molecule has 2 aromatic rings. The lowest BCUT2D eigenvalue weighted by Gasteiger charge is -2.22. The van der Waals surface area contributed by atoms with Crippen LogP contribution in [0.1, 0.15) is 24.2 Å². The first-order valence-corrected chi connectivity index (χ1v) is 8.51. The molecule has 0 aliphatic rings. The number of hydrogen-bond acceptors (Lipinski definition) is 4. The van der Waals surface area contributed by atoms with Crippen LogP contribution in [0.2, 0.25) is 5.02 Å². The number of anilines is 2. The molecule has 0 aliphatic heterocycles. The molecule has 1 atom stereocenters. The van der Waals surface area contributed by atoms with Gasteiger partial charge in [0.05, 0.1) is 23.4 Å². The fourth-order valence-corrected chi connectivity index (χ4v) is 2.65. The van der Waals surface area contributed by atoms with E-state index in [0.717, 1.165) is 0 Å². The fraction of sp³-hybridized carbons (Fsp3) is 0.263. The number of nitrogens with two attached hydrogens (primary N) is 1. The zero-order valence-electron chi connectivity index (χ0n) is 15.3. The smallest absolute Gasteiger partial charge is 0.253 e. The molecule has 0 aromatic heterocycles. The van der Waals surface area contributed by atoms with Crippen molar-refractivity contribution in [1.82, 2.24) is 5.32 Å². The van der Waals surface area contributed by atoms with Crippen LogP contribution >= 0.6 is 24.0 Å². The van der Waals surface area contributed by atoms with Gasteiger partial charge in [0.1, 0.15) is 11.8 Å². The van der Waals surface area contributed by atoms with E-state index in [4.69, 9.17) is 22.1 Å². The van der Waals surface area contributed by atoms with E-state index >= 15 is 0 Å². The summed E-state index contributed by atoms with van der Waals surface area (Å²) < 4.78 is 5.10. The highest BCUT2D eigenvalue weighted by atomic mass is 35.5. The summed E-state index contributed by atoms with van der Waals surface area (Å²) in [7, 11) is 1.52. The van der Waals surface area contributed by atoms with E-state index in [2.05, 4.69) is 10.6 Å². The van der Waals surface area contributed by atoms with Gasteiger partial charge in [-0.25, -0.2) is 0 Å². The largest absolute Gasteiger partial charge is 0.495 e. The first-order chi connectivity index (χ1) is 12.3. The van der Waals surface area contributed by atoms with Crippen LogP contribution in [0, 0.1) is 5.92 Å². The van der Waals surface area contributed by atoms with Crippen molar-refractivity contribution in [3.63, 3.8) is 0 Å². The zero-order valence-corrected chi connectivity index (χ0v) is 16.9. The second-order valence-corrected chi connectivity index (χ2v) is 6.53. The van der Waals surface area contributed by atoms with Crippen molar-refractivity contribution < 1.29 is 14.3 Å². The Morgan fingerprint density at radius 3 is 2.37 bits per heavy atom. The van der Waals surface area contributed by atoms with Crippen molar-refractivity contribution in [2.24, 2.45) is 5.92 Å². The van der Waals surface area contributed by atoms with Gasteiger partial charge in [0, 0.05) is 5.69 Å². The number of hydrogen-bond donors (Lipinski definition) is 3. The third-order valence-electron chi connectivity index (χ3n) is 3.85. The minimum Gasteiger partial charge on any atom is -0.495 e. The Bertz CT molecular complexity index is 813. The van der Waals surface area contributed by atoms with Crippen molar-refractivity contribution in [2.75, 3.05) is 18.2 Å². The number of amides is 2. The number of nitrogen functional groups attached to an aromatic ring is 1. The van der Waals surface area contributed by atoms with Crippen molar-refractivity contribution in [1.29, 1.82) is 0 Å². The van der Waals surface area contributed by atoms with Gasteiger partial charge in [-0.15, -0.1) is 12.4 Å². The molecule has 2 aromatic carbocycles. The van der Waals surface area contributed by atoms with Crippen molar-refractivity contribution >= 4 is 47.2 Å². The molecule has 0 saturated heterocycles.